The van der Waals surface area contributed by atoms with Gasteiger partial charge in [-0.15, -0.1) is 0 Å². The maximum absolute atomic E-state index is 13.4. The van der Waals surface area contributed by atoms with Crippen LogP contribution in [-0.2, 0) is 14.3 Å². The van der Waals surface area contributed by atoms with Gasteiger partial charge >= 0.3 is 5.97 Å². The topological polar surface area (TPSA) is 63.9 Å². The standard InChI is InChI=1S/C25H29N3O3/c1-3-31-25(30)20-12-8-13-27(17-20)23(29)15-21(19-10-5-4-6-11-19)22-16-26-24-18(2)9-7-14-28(22)24/h4-7,9-11,14,16,20-21H,3,8,12-13,15,17H2,1-2H3. The first-order chi connectivity index (χ1) is 15.1. The number of carbonyl (C=O) groups excluding carboxylic acids is 2. The van der Waals surface area contributed by atoms with Crippen molar-refractivity contribution in [2.45, 2.75) is 39.0 Å². The number of aromatic nitrogens is 2. The van der Waals surface area contributed by atoms with Crippen LogP contribution in [0.25, 0.3) is 5.65 Å². The number of piperidine rings is 1. The number of pyridine rings is 1. The Labute approximate surface area is 182 Å². The molecule has 2 aromatic heterocycles. The summed E-state index contributed by atoms with van der Waals surface area (Å²) in [4.78, 5) is 32.0. The molecule has 3 aromatic rings. The molecule has 6 heteroatoms. The molecule has 1 aliphatic rings. The molecule has 0 saturated carbocycles. The van der Waals surface area contributed by atoms with Gasteiger partial charge in [0.1, 0.15) is 5.65 Å². The Morgan fingerprint density at radius 3 is 2.77 bits per heavy atom. The van der Waals surface area contributed by atoms with Crippen molar-refractivity contribution in [3.8, 4) is 0 Å². The van der Waals surface area contributed by atoms with Gasteiger partial charge in [-0.25, -0.2) is 4.98 Å². The van der Waals surface area contributed by atoms with Gasteiger partial charge in [-0.2, -0.15) is 0 Å². The second kappa shape index (κ2) is 9.33. The summed E-state index contributed by atoms with van der Waals surface area (Å²) in [5.41, 5.74) is 4.08. The summed E-state index contributed by atoms with van der Waals surface area (Å²) >= 11 is 0. The molecule has 1 aromatic carbocycles. The molecule has 1 amide bonds. The normalized spacial score (nSPS) is 17.5. The highest BCUT2D eigenvalue weighted by Crippen LogP contribution is 2.31. The monoisotopic (exact) mass is 419 g/mol. The van der Waals surface area contributed by atoms with E-state index >= 15 is 0 Å². The molecule has 1 saturated heterocycles. The Morgan fingerprint density at radius 2 is 2.00 bits per heavy atom. The lowest BCUT2D eigenvalue weighted by Crippen LogP contribution is -2.43. The van der Waals surface area contributed by atoms with E-state index < -0.39 is 0 Å². The SMILES string of the molecule is CCOC(=O)C1CCCN(C(=O)CC(c2ccccc2)c2cnc3c(C)cccn23)C1. The van der Waals surface area contributed by atoms with Gasteiger partial charge in [-0.3, -0.25) is 9.59 Å². The maximum atomic E-state index is 13.4. The van der Waals surface area contributed by atoms with Crippen molar-refractivity contribution >= 4 is 17.5 Å². The number of hydrogen-bond acceptors (Lipinski definition) is 4. The molecule has 1 aliphatic heterocycles. The molecule has 31 heavy (non-hydrogen) atoms. The summed E-state index contributed by atoms with van der Waals surface area (Å²) < 4.78 is 7.27. The zero-order valence-corrected chi connectivity index (χ0v) is 18.2. The number of benzene rings is 1. The summed E-state index contributed by atoms with van der Waals surface area (Å²) in [6, 6.07) is 14.1. The van der Waals surface area contributed by atoms with Crippen LogP contribution in [-0.4, -0.2) is 45.9 Å². The van der Waals surface area contributed by atoms with Crippen LogP contribution in [0.4, 0.5) is 0 Å². The molecule has 2 atom stereocenters. The van der Waals surface area contributed by atoms with E-state index in [0.29, 0.717) is 26.1 Å². The molecule has 6 nitrogen and oxygen atoms in total. The smallest absolute Gasteiger partial charge is 0.310 e. The molecule has 162 valence electrons. The summed E-state index contributed by atoms with van der Waals surface area (Å²) in [7, 11) is 0. The lowest BCUT2D eigenvalue weighted by atomic mass is 9.91. The van der Waals surface area contributed by atoms with Crippen molar-refractivity contribution in [1.29, 1.82) is 0 Å². The number of likely N-dealkylation sites (tertiary alicyclic amines) is 1. The van der Waals surface area contributed by atoms with Gasteiger partial charge in [0.15, 0.2) is 0 Å². The van der Waals surface area contributed by atoms with Crippen molar-refractivity contribution in [2.24, 2.45) is 5.92 Å². The van der Waals surface area contributed by atoms with E-state index in [2.05, 4.69) is 21.5 Å². The minimum Gasteiger partial charge on any atom is -0.466 e. The summed E-state index contributed by atoms with van der Waals surface area (Å²) in [5.74, 6) is -0.484. The Balaban J connectivity index is 1.60. The van der Waals surface area contributed by atoms with Crippen LogP contribution in [0.3, 0.4) is 0 Å². The molecule has 3 heterocycles. The molecular weight excluding hydrogens is 390 g/mol. The second-order valence-corrected chi connectivity index (χ2v) is 8.17. The number of esters is 1. The Kier molecular flexibility index (Phi) is 6.35. The molecule has 2 unspecified atom stereocenters. The summed E-state index contributed by atoms with van der Waals surface area (Å²) in [6.07, 6.45) is 5.81. The Morgan fingerprint density at radius 1 is 1.19 bits per heavy atom. The predicted molar refractivity (Wildman–Crippen MR) is 119 cm³/mol. The van der Waals surface area contributed by atoms with Gasteiger partial charge in [0, 0.05) is 37.8 Å². The van der Waals surface area contributed by atoms with Crippen molar-refractivity contribution in [3.05, 3.63) is 71.7 Å². The third-order valence-corrected chi connectivity index (χ3v) is 6.09. The number of aryl methyl sites for hydroxylation is 1. The van der Waals surface area contributed by atoms with Crippen LogP contribution in [0.1, 0.15) is 48.9 Å². The number of nitrogens with zero attached hydrogens (tertiary/aromatic N) is 3. The van der Waals surface area contributed by atoms with Gasteiger partial charge in [0.05, 0.1) is 18.2 Å². The molecule has 0 aliphatic carbocycles. The Bertz CT molecular complexity index is 1060. The van der Waals surface area contributed by atoms with E-state index in [1.54, 1.807) is 0 Å². The fourth-order valence-corrected chi connectivity index (χ4v) is 4.47. The van der Waals surface area contributed by atoms with E-state index in [1.807, 2.05) is 61.5 Å². The van der Waals surface area contributed by atoms with Gasteiger partial charge in [0.2, 0.25) is 5.91 Å². The Hall–Kier alpha value is -3.15. The molecular formula is C25H29N3O3. The van der Waals surface area contributed by atoms with Crippen LogP contribution in [0, 0.1) is 12.8 Å². The maximum Gasteiger partial charge on any atom is 0.310 e. The van der Waals surface area contributed by atoms with E-state index in [1.165, 1.54) is 0 Å². The number of carbonyl (C=O) groups is 2. The molecule has 0 radical (unpaired) electrons. The van der Waals surface area contributed by atoms with Gasteiger partial charge < -0.3 is 14.0 Å². The van der Waals surface area contributed by atoms with Crippen LogP contribution in [0.15, 0.2) is 54.9 Å². The fourth-order valence-electron chi connectivity index (χ4n) is 4.47. The summed E-state index contributed by atoms with van der Waals surface area (Å²) in [6.45, 7) is 5.34. The van der Waals surface area contributed by atoms with E-state index in [0.717, 1.165) is 35.3 Å². The van der Waals surface area contributed by atoms with Crippen LogP contribution in [0.2, 0.25) is 0 Å². The fraction of sp³-hybridized carbons (Fsp3) is 0.400. The largest absolute Gasteiger partial charge is 0.466 e. The van der Waals surface area contributed by atoms with Crippen LogP contribution in [0.5, 0.6) is 0 Å². The number of amides is 1. The number of imidazole rings is 1. The number of ether oxygens (including phenoxy) is 1. The lowest BCUT2D eigenvalue weighted by Gasteiger charge is -2.32. The first-order valence-corrected chi connectivity index (χ1v) is 11.0. The molecule has 0 spiro atoms. The minimum atomic E-state index is -0.230. The number of fused-ring (bicyclic) bond motifs is 1. The molecule has 1 fully saturated rings. The average Bonchev–Trinajstić information content (AvgIpc) is 3.23. The highest BCUT2D eigenvalue weighted by molar-refractivity contribution is 5.79. The number of rotatable bonds is 6. The van der Waals surface area contributed by atoms with Crippen molar-refractivity contribution in [2.75, 3.05) is 19.7 Å². The number of hydrogen-bond donors (Lipinski definition) is 0. The summed E-state index contributed by atoms with van der Waals surface area (Å²) in [5, 5.41) is 0. The van der Waals surface area contributed by atoms with Crippen molar-refractivity contribution < 1.29 is 14.3 Å². The molecule has 4 rings (SSSR count). The molecule has 0 bridgehead atoms. The van der Waals surface area contributed by atoms with E-state index in [9.17, 15) is 9.59 Å². The second-order valence-electron chi connectivity index (χ2n) is 8.17. The molecule has 0 N–H and O–H groups in total. The van der Waals surface area contributed by atoms with Gasteiger partial charge in [-0.1, -0.05) is 36.4 Å². The van der Waals surface area contributed by atoms with Crippen LogP contribution >= 0.6 is 0 Å². The quantitative estimate of drug-likeness (QED) is 0.567. The first kappa shape index (κ1) is 21.1. The zero-order chi connectivity index (χ0) is 21.8. The third kappa shape index (κ3) is 4.48. The lowest BCUT2D eigenvalue weighted by molar-refractivity contribution is -0.151. The average molecular weight is 420 g/mol. The van der Waals surface area contributed by atoms with Crippen LogP contribution < -0.4 is 0 Å². The van der Waals surface area contributed by atoms with Gasteiger partial charge in [-0.05, 0) is 43.9 Å². The van der Waals surface area contributed by atoms with Gasteiger partial charge in [0.25, 0.3) is 0 Å². The van der Waals surface area contributed by atoms with E-state index in [-0.39, 0.29) is 23.7 Å². The van der Waals surface area contributed by atoms with Crippen molar-refractivity contribution in [3.63, 3.8) is 0 Å². The highest BCUT2D eigenvalue weighted by atomic mass is 16.5. The van der Waals surface area contributed by atoms with E-state index in [4.69, 9.17) is 4.74 Å². The van der Waals surface area contributed by atoms with Crippen molar-refractivity contribution in [1.82, 2.24) is 14.3 Å². The predicted octanol–water partition coefficient (Wildman–Crippen LogP) is 3.97. The minimum absolute atomic E-state index is 0.0606. The zero-order valence-electron chi connectivity index (χ0n) is 18.2. The highest BCUT2D eigenvalue weighted by Gasteiger charge is 2.31. The first-order valence-electron chi connectivity index (χ1n) is 11.0. The third-order valence-electron chi connectivity index (χ3n) is 6.09.